The van der Waals surface area contributed by atoms with Gasteiger partial charge < -0.3 is 15.5 Å². The normalized spacial score (nSPS) is 23.0. The van der Waals surface area contributed by atoms with Gasteiger partial charge in [-0.25, -0.2) is 0 Å². The first-order chi connectivity index (χ1) is 7.20. The molecular formula is C9H14N4OS. The lowest BCUT2D eigenvalue weighted by Crippen LogP contribution is -2.46. The number of carbonyl (C=O) groups excluding carboxylic acids is 1. The van der Waals surface area contributed by atoms with Crippen molar-refractivity contribution in [2.75, 3.05) is 32.4 Å². The Hall–Kier alpha value is -1.14. The van der Waals surface area contributed by atoms with Crippen molar-refractivity contribution in [1.82, 2.24) is 14.2 Å². The molecule has 0 aliphatic carbocycles. The van der Waals surface area contributed by atoms with Crippen LogP contribution in [0.2, 0.25) is 0 Å². The van der Waals surface area contributed by atoms with Crippen LogP contribution >= 0.6 is 11.5 Å². The highest BCUT2D eigenvalue weighted by atomic mass is 32.1. The van der Waals surface area contributed by atoms with Crippen LogP contribution in [0, 0.1) is 0 Å². The summed E-state index contributed by atoms with van der Waals surface area (Å²) in [7, 11) is 2.05. The Balaban J connectivity index is 2.20. The summed E-state index contributed by atoms with van der Waals surface area (Å²) in [6.07, 6.45) is 0.896. The SMILES string of the molecule is CN1CCN(C=O)C(c2cc(N)sn2)C1. The number of nitrogens with two attached hydrogens (primary N) is 1. The number of amides is 1. The van der Waals surface area contributed by atoms with E-state index in [4.69, 9.17) is 5.73 Å². The summed E-state index contributed by atoms with van der Waals surface area (Å²) in [6, 6.07) is 1.90. The molecule has 0 radical (unpaired) electrons. The first-order valence-corrected chi connectivity index (χ1v) is 5.59. The summed E-state index contributed by atoms with van der Waals surface area (Å²) >= 11 is 1.28. The lowest BCUT2D eigenvalue weighted by atomic mass is 10.1. The number of hydrogen-bond acceptors (Lipinski definition) is 5. The zero-order chi connectivity index (χ0) is 10.8. The van der Waals surface area contributed by atoms with Gasteiger partial charge in [-0.1, -0.05) is 0 Å². The zero-order valence-corrected chi connectivity index (χ0v) is 9.41. The second kappa shape index (κ2) is 4.16. The lowest BCUT2D eigenvalue weighted by molar-refractivity contribution is -0.122. The van der Waals surface area contributed by atoms with E-state index in [1.165, 1.54) is 11.5 Å². The van der Waals surface area contributed by atoms with E-state index < -0.39 is 0 Å². The summed E-state index contributed by atoms with van der Waals surface area (Å²) in [5.41, 5.74) is 6.54. The third-order valence-corrected chi connectivity index (χ3v) is 3.28. The Labute approximate surface area is 92.6 Å². The molecule has 2 heterocycles. The molecule has 1 fully saturated rings. The summed E-state index contributed by atoms with van der Waals surface area (Å²) in [4.78, 5) is 14.9. The molecule has 1 aliphatic heterocycles. The predicted molar refractivity (Wildman–Crippen MR) is 59.5 cm³/mol. The topological polar surface area (TPSA) is 62.5 Å². The van der Waals surface area contributed by atoms with Gasteiger partial charge in [0.05, 0.1) is 11.7 Å². The van der Waals surface area contributed by atoms with Crippen molar-refractivity contribution >= 4 is 22.9 Å². The van der Waals surface area contributed by atoms with Crippen molar-refractivity contribution in [2.24, 2.45) is 0 Å². The summed E-state index contributed by atoms with van der Waals surface area (Å²) in [6.45, 7) is 2.48. The molecule has 2 N–H and O–H groups in total. The first kappa shape index (κ1) is 10.4. The van der Waals surface area contributed by atoms with Crippen molar-refractivity contribution in [3.05, 3.63) is 11.8 Å². The number of nitrogen functional groups attached to an aromatic ring is 1. The van der Waals surface area contributed by atoms with Crippen LogP contribution in [0.25, 0.3) is 0 Å². The summed E-state index contributed by atoms with van der Waals surface area (Å²) in [5.74, 6) is 0. The smallest absolute Gasteiger partial charge is 0.210 e. The average molecular weight is 226 g/mol. The maximum atomic E-state index is 10.9. The fourth-order valence-corrected chi connectivity index (χ4v) is 2.34. The minimum absolute atomic E-state index is 0.0507. The highest BCUT2D eigenvalue weighted by Crippen LogP contribution is 2.25. The molecule has 82 valence electrons. The van der Waals surface area contributed by atoms with E-state index in [0.29, 0.717) is 5.00 Å². The van der Waals surface area contributed by atoms with E-state index >= 15 is 0 Å². The van der Waals surface area contributed by atoms with Gasteiger partial charge >= 0.3 is 0 Å². The minimum atomic E-state index is 0.0507. The van der Waals surface area contributed by atoms with E-state index in [0.717, 1.165) is 31.7 Å². The molecule has 1 amide bonds. The van der Waals surface area contributed by atoms with E-state index in [-0.39, 0.29) is 6.04 Å². The number of nitrogens with zero attached hydrogens (tertiary/aromatic N) is 3. The lowest BCUT2D eigenvalue weighted by Gasteiger charge is -2.36. The molecule has 0 bridgehead atoms. The molecule has 15 heavy (non-hydrogen) atoms. The van der Waals surface area contributed by atoms with Gasteiger partial charge in [-0.3, -0.25) is 4.79 Å². The molecule has 1 aromatic heterocycles. The first-order valence-electron chi connectivity index (χ1n) is 4.82. The van der Waals surface area contributed by atoms with Crippen molar-refractivity contribution in [3.8, 4) is 0 Å². The fourth-order valence-electron chi connectivity index (χ4n) is 1.78. The molecule has 1 aromatic rings. The average Bonchev–Trinajstić information content (AvgIpc) is 2.65. The molecule has 1 atom stereocenters. The fraction of sp³-hybridized carbons (Fsp3) is 0.556. The number of hydrogen-bond donors (Lipinski definition) is 1. The van der Waals surface area contributed by atoms with Crippen LogP contribution in [0.15, 0.2) is 6.07 Å². The van der Waals surface area contributed by atoms with Gasteiger partial charge in [0.2, 0.25) is 6.41 Å². The van der Waals surface area contributed by atoms with Gasteiger partial charge in [-0.2, -0.15) is 4.37 Å². The highest BCUT2D eigenvalue weighted by molar-refractivity contribution is 7.10. The van der Waals surface area contributed by atoms with Crippen molar-refractivity contribution in [3.63, 3.8) is 0 Å². The summed E-state index contributed by atoms with van der Waals surface area (Å²) < 4.78 is 4.26. The second-order valence-electron chi connectivity index (χ2n) is 3.78. The molecular weight excluding hydrogens is 212 g/mol. The van der Waals surface area contributed by atoms with Crippen LogP contribution in [-0.2, 0) is 4.79 Å². The Kier molecular flexibility index (Phi) is 2.88. The van der Waals surface area contributed by atoms with Gasteiger partial charge in [0.25, 0.3) is 0 Å². The Bertz CT molecular complexity index is 354. The third-order valence-electron chi connectivity index (χ3n) is 2.65. The number of carbonyl (C=O) groups is 1. The third kappa shape index (κ3) is 2.10. The molecule has 6 heteroatoms. The highest BCUT2D eigenvalue weighted by Gasteiger charge is 2.27. The maximum absolute atomic E-state index is 10.9. The molecule has 0 aromatic carbocycles. The summed E-state index contributed by atoms with van der Waals surface area (Å²) in [5, 5.41) is 0.698. The van der Waals surface area contributed by atoms with Crippen molar-refractivity contribution < 1.29 is 4.79 Å². The van der Waals surface area contributed by atoms with Gasteiger partial charge in [0.1, 0.15) is 5.00 Å². The van der Waals surface area contributed by atoms with Crippen LogP contribution in [0.3, 0.4) is 0 Å². The van der Waals surface area contributed by atoms with Gasteiger partial charge in [-0.15, -0.1) is 0 Å². The zero-order valence-electron chi connectivity index (χ0n) is 8.59. The number of likely N-dealkylation sites (N-methyl/N-ethyl adjacent to an activating group) is 1. The Morgan fingerprint density at radius 2 is 2.47 bits per heavy atom. The van der Waals surface area contributed by atoms with Crippen LogP contribution in [0.5, 0.6) is 0 Å². The number of rotatable bonds is 2. The second-order valence-corrected chi connectivity index (χ2v) is 4.61. The largest absolute Gasteiger partial charge is 0.389 e. The number of anilines is 1. The molecule has 1 aliphatic rings. The van der Waals surface area contributed by atoms with E-state index in [2.05, 4.69) is 9.27 Å². The molecule has 2 rings (SSSR count). The molecule has 5 nitrogen and oxygen atoms in total. The van der Waals surface area contributed by atoms with Gasteiger partial charge in [0, 0.05) is 19.6 Å². The number of piperazine rings is 1. The molecule has 1 saturated heterocycles. The number of aromatic nitrogens is 1. The molecule has 0 spiro atoms. The van der Waals surface area contributed by atoms with E-state index in [9.17, 15) is 4.79 Å². The van der Waals surface area contributed by atoms with Gasteiger partial charge in [0.15, 0.2) is 0 Å². The van der Waals surface area contributed by atoms with Crippen LogP contribution in [0.4, 0.5) is 5.00 Å². The monoisotopic (exact) mass is 226 g/mol. The maximum Gasteiger partial charge on any atom is 0.210 e. The minimum Gasteiger partial charge on any atom is -0.389 e. The van der Waals surface area contributed by atoms with E-state index in [1.54, 1.807) is 4.90 Å². The van der Waals surface area contributed by atoms with Crippen LogP contribution in [-0.4, -0.2) is 47.3 Å². The molecule has 1 unspecified atom stereocenters. The van der Waals surface area contributed by atoms with Crippen molar-refractivity contribution in [2.45, 2.75) is 6.04 Å². The van der Waals surface area contributed by atoms with Crippen LogP contribution < -0.4 is 5.73 Å². The Morgan fingerprint density at radius 3 is 3.07 bits per heavy atom. The van der Waals surface area contributed by atoms with E-state index in [1.807, 2.05) is 13.1 Å². The predicted octanol–water partition coefficient (Wildman–Crippen LogP) is 0.170. The van der Waals surface area contributed by atoms with Gasteiger partial charge in [-0.05, 0) is 24.6 Å². The van der Waals surface area contributed by atoms with Crippen molar-refractivity contribution in [1.29, 1.82) is 0 Å². The standard InChI is InChI=1S/C9H14N4OS/c1-12-2-3-13(6-14)8(5-12)7-4-9(10)15-11-7/h4,6,8H,2-3,5,10H2,1H3. The Morgan fingerprint density at radius 1 is 1.67 bits per heavy atom. The quantitative estimate of drug-likeness (QED) is 0.730. The van der Waals surface area contributed by atoms with Crippen LogP contribution in [0.1, 0.15) is 11.7 Å². The molecule has 0 saturated carbocycles.